The number of ether oxygens (including phenoxy) is 1. The monoisotopic (exact) mass is 479 g/mol. The molecule has 1 aliphatic heterocycles. The van der Waals surface area contributed by atoms with E-state index in [1.807, 2.05) is 0 Å². The van der Waals surface area contributed by atoms with E-state index in [4.69, 9.17) is 10.5 Å². The predicted octanol–water partition coefficient (Wildman–Crippen LogP) is 2.43. The first-order valence-corrected chi connectivity index (χ1v) is 11.1. The minimum atomic E-state index is -3.93. The number of sulfonamides is 1. The van der Waals surface area contributed by atoms with Crippen molar-refractivity contribution in [2.24, 2.45) is 10.7 Å². The molecule has 0 spiro atoms. The van der Waals surface area contributed by atoms with Gasteiger partial charge in [-0.2, -0.15) is 0 Å². The predicted molar refractivity (Wildman–Crippen MR) is 117 cm³/mol. The summed E-state index contributed by atoms with van der Waals surface area (Å²) < 4.78 is 74.5. The van der Waals surface area contributed by atoms with E-state index < -0.39 is 38.8 Å². The molecule has 174 valence electrons. The highest BCUT2D eigenvalue weighted by Gasteiger charge is 2.42. The van der Waals surface area contributed by atoms with Crippen molar-refractivity contribution in [3.63, 3.8) is 0 Å². The van der Waals surface area contributed by atoms with Crippen molar-refractivity contribution >= 4 is 27.9 Å². The standard InChI is InChI=1S/C21H20F3N5O3S/c1-4-5-6-32-18-11-26-17(10-27-18)15(22)8-13-7-14(19(24)16(23)9-13)21(2)12-33(30,31)29(3)20(25)28-21/h7-11H,6,12H2,1-3H3,(H2,25,28). The zero-order chi connectivity index (χ0) is 24.4. The molecule has 2 aromatic rings. The third-order valence-electron chi connectivity index (χ3n) is 4.83. The maximum atomic E-state index is 14.7. The zero-order valence-corrected chi connectivity index (χ0v) is 18.8. The molecule has 1 atom stereocenters. The molecule has 0 bridgehead atoms. The number of halogens is 3. The first-order valence-electron chi connectivity index (χ1n) is 9.50. The number of guanidine groups is 1. The Kier molecular flexibility index (Phi) is 6.64. The summed E-state index contributed by atoms with van der Waals surface area (Å²) in [5.74, 6) is 0.931. The fourth-order valence-corrected chi connectivity index (χ4v) is 4.54. The summed E-state index contributed by atoms with van der Waals surface area (Å²) >= 11 is 0. The van der Waals surface area contributed by atoms with Crippen molar-refractivity contribution in [2.75, 3.05) is 19.4 Å². The van der Waals surface area contributed by atoms with Gasteiger partial charge in [-0.05, 0) is 37.6 Å². The van der Waals surface area contributed by atoms with Gasteiger partial charge in [-0.3, -0.25) is 0 Å². The van der Waals surface area contributed by atoms with E-state index in [-0.39, 0.29) is 35.3 Å². The Balaban J connectivity index is 1.97. The molecule has 33 heavy (non-hydrogen) atoms. The minimum Gasteiger partial charge on any atom is -0.463 e. The van der Waals surface area contributed by atoms with E-state index in [0.29, 0.717) is 0 Å². The van der Waals surface area contributed by atoms with Crippen LogP contribution in [0.5, 0.6) is 5.88 Å². The van der Waals surface area contributed by atoms with Crippen LogP contribution in [-0.4, -0.2) is 48.1 Å². The molecule has 0 amide bonds. The molecule has 1 aromatic carbocycles. The van der Waals surface area contributed by atoms with Crippen LogP contribution in [0.25, 0.3) is 11.9 Å². The van der Waals surface area contributed by atoms with Crippen LogP contribution in [0.3, 0.4) is 0 Å². The van der Waals surface area contributed by atoms with Gasteiger partial charge in [0, 0.05) is 12.6 Å². The topological polar surface area (TPSA) is 111 Å². The number of hydrogen-bond donors (Lipinski definition) is 1. The maximum Gasteiger partial charge on any atom is 0.239 e. The zero-order valence-electron chi connectivity index (χ0n) is 17.9. The van der Waals surface area contributed by atoms with Crippen LogP contribution in [0.15, 0.2) is 29.5 Å². The molecule has 2 heterocycles. The van der Waals surface area contributed by atoms with Crippen molar-refractivity contribution in [3.05, 3.63) is 53.0 Å². The van der Waals surface area contributed by atoms with E-state index in [1.54, 1.807) is 6.92 Å². The van der Waals surface area contributed by atoms with Crippen molar-refractivity contribution in [2.45, 2.75) is 19.4 Å². The van der Waals surface area contributed by atoms with E-state index in [2.05, 4.69) is 26.8 Å². The van der Waals surface area contributed by atoms with Crippen molar-refractivity contribution in [3.8, 4) is 17.7 Å². The van der Waals surface area contributed by atoms with Gasteiger partial charge in [0.25, 0.3) is 0 Å². The highest BCUT2D eigenvalue weighted by Crippen LogP contribution is 2.35. The first kappa shape index (κ1) is 24.1. The lowest BCUT2D eigenvalue weighted by Crippen LogP contribution is -2.50. The second-order valence-corrected chi connectivity index (χ2v) is 9.28. The highest BCUT2D eigenvalue weighted by atomic mass is 32.2. The summed E-state index contributed by atoms with van der Waals surface area (Å²) in [4.78, 5) is 11.9. The molecule has 0 saturated carbocycles. The molecule has 1 aromatic heterocycles. The van der Waals surface area contributed by atoms with Crippen molar-refractivity contribution in [1.29, 1.82) is 0 Å². The largest absolute Gasteiger partial charge is 0.463 e. The summed E-state index contributed by atoms with van der Waals surface area (Å²) in [5.41, 5.74) is 3.32. The molecule has 0 aliphatic carbocycles. The molecule has 1 aliphatic rings. The van der Waals surface area contributed by atoms with Gasteiger partial charge in [-0.15, -0.1) is 5.92 Å². The van der Waals surface area contributed by atoms with Gasteiger partial charge in [0.1, 0.15) is 11.2 Å². The van der Waals surface area contributed by atoms with E-state index in [9.17, 15) is 21.6 Å². The van der Waals surface area contributed by atoms with Crippen LogP contribution in [0.1, 0.15) is 30.7 Å². The van der Waals surface area contributed by atoms with E-state index >= 15 is 0 Å². The Labute approximate surface area is 189 Å². The Hall–Kier alpha value is -3.59. The van der Waals surface area contributed by atoms with Crippen molar-refractivity contribution in [1.82, 2.24) is 14.3 Å². The minimum absolute atomic E-state index is 0.0759. The molecule has 8 nitrogen and oxygen atoms in total. The van der Waals surface area contributed by atoms with Crippen LogP contribution < -0.4 is 10.5 Å². The number of rotatable bonds is 5. The second-order valence-electron chi connectivity index (χ2n) is 7.28. The SMILES string of the molecule is CC#CCOc1cnc(C(F)=Cc2cc(F)c(F)c(C3(C)CS(=O)(=O)N(C)C(N)=N3)c2)cn1. The fourth-order valence-electron chi connectivity index (χ4n) is 3.09. The third kappa shape index (κ3) is 5.09. The number of aliphatic imine (C=N–C) groups is 1. The molecule has 2 N–H and O–H groups in total. The summed E-state index contributed by atoms with van der Waals surface area (Å²) in [7, 11) is -2.72. The maximum absolute atomic E-state index is 14.7. The van der Waals surface area contributed by atoms with Crippen molar-refractivity contribution < 1.29 is 26.3 Å². The molecule has 1 unspecified atom stereocenters. The highest BCUT2D eigenvalue weighted by molar-refractivity contribution is 7.89. The van der Waals surface area contributed by atoms with Gasteiger partial charge in [0.15, 0.2) is 24.1 Å². The molecule has 0 saturated heterocycles. The lowest BCUT2D eigenvalue weighted by Gasteiger charge is -2.34. The summed E-state index contributed by atoms with van der Waals surface area (Å²) in [6, 6.07) is 1.89. The second kappa shape index (κ2) is 9.11. The van der Waals surface area contributed by atoms with E-state index in [1.165, 1.54) is 20.2 Å². The average Bonchev–Trinajstić information content (AvgIpc) is 2.74. The average molecular weight is 479 g/mol. The van der Waals surface area contributed by atoms with Crippen LogP contribution in [0, 0.1) is 23.5 Å². The molecule has 12 heteroatoms. The third-order valence-corrected chi connectivity index (χ3v) is 6.78. The lowest BCUT2D eigenvalue weighted by molar-refractivity contribution is 0.353. The quantitative estimate of drug-likeness (QED) is 0.660. The Morgan fingerprint density at radius 3 is 2.67 bits per heavy atom. The van der Waals surface area contributed by atoms with Crippen LogP contribution in [-0.2, 0) is 15.6 Å². The number of nitrogens with two attached hydrogens (primary N) is 1. The Bertz CT molecular complexity index is 1300. The van der Waals surface area contributed by atoms with E-state index in [0.717, 1.165) is 28.7 Å². The number of aromatic nitrogens is 2. The normalized spacial score (nSPS) is 20.0. The number of benzene rings is 1. The Morgan fingerprint density at radius 1 is 1.33 bits per heavy atom. The summed E-state index contributed by atoms with van der Waals surface area (Å²) in [6.45, 7) is 3.05. The Morgan fingerprint density at radius 2 is 2.06 bits per heavy atom. The van der Waals surface area contributed by atoms with Gasteiger partial charge in [-0.25, -0.2) is 40.9 Å². The molecular weight excluding hydrogens is 459 g/mol. The fraction of sp³-hybridized carbons (Fsp3) is 0.286. The lowest BCUT2D eigenvalue weighted by atomic mass is 9.92. The molecule has 0 radical (unpaired) electrons. The van der Waals surface area contributed by atoms with Gasteiger partial charge >= 0.3 is 0 Å². The first-order chi connectivity index (χ1) is 15.5. The molecular formula is C21H20F3N5O3S. The summed E-state index contributed by atoms with van der Waals surface area (Å²) in [6.07, 6.45) is 3.22. The van der Waals surface area contributed by atoms with Gasteiger partial charge < -0.3 is 10.5 Å². The smallest absolute Gasteiger partial charge is 0.239 e. The van der Waals surface area contributed by atoms with Gasteiger partial charge in [0.2, 0.25) is 21.9 Å². The molecule has 3 rings (SSSR count). The van der Waals surface area contributed by atoms with Gasteiger partial charge in [-0.1, -0.05) is 5.92 Å². The van der Waals surface area contributed by atoms with Crippen LogP contribution in [0.2, 0.25) is 0 Å². The number of hydrogen-bond acceptors (Lipinski definition) is 7. The van der Waals surface area contributed by atoms with Gasteiger partial charge in [0.05, 0.1) is 18.1 Å². The van der Waals surface area contributed by atoms with Crippen LogP contribution in [0.4, 0.5) is 13.2 Å². The number of nitrogens with zero attached hydrogens (tertiary/aromatic N) is 4. The summed E-state index contributed by atoms with van der Waals surface area (Å²) in [5, 5.41) is 0. The molecule has 0 fully saturated rings. The van der Waals surface area contributed by atoms with Crippen LogP contribution >= 0.6 is 0 Å².